The number of rotatable bonds is 5. The summed E-state index contributed by atoms with van der Waals surface area (Å²) in [6.07, 6.45) is -1.12. The quantitative estimate of drug-likeness (QED) is 0.886. The van der Waals surface area contributed by atoms with E-state index in [0.29, 0.717) is 11.3 Å². The summed E-state index contributed by atoms with van der Waals surface area (Å²) < 4.78 is 5.33. The first-order valence-electron chi connectivity index (χ1n) is 6.94. The summed E-state index contributed by atoms with van der Waals surface area (Å²) in [6.45, 7) is 3.58. The highest BCUT2D eigenvalue weighted by molar-refractivity contribution is 5.89. The summed E-state index contributed by atoms with van der Waals surface area (Å²) in [4.78, 5) is 11.5. The zero-order valence-electron chi connectivity index (χ0n) is 12.4. The number of hydrogen-bond acceptors (Lipinski definition) is 3. The lowest BCUT2D eigenvalue weighted by Crippen LogP contribution is -2.27. The van der Waals surface area contributed by atoms with Crippen LogP contribution in [0.15, 0.2) is 36.4 Å². The maximum absolute atomic E-state index is 11.5. The third-order valence-corrected chi connectivity index (χ3v) is 3.79. The predicted molar refractivity (Wildman–Crippen MR) is 81.4 cm³/mol. The zero-order chi connectivity index (χ0) is 15.6. The number of ether oxygens (including phenoxy) is 1. The Hall–Kier alpha value is -2.07. The van der Waals surface area contributed by atoms with Gasteiger partial charge in [-0.15, -0.1) is 0 Å². The highest BCUT2D eigenvalue weighted by atomic mass is 16.5. The Morgan fingerprint density at radius 3 is 2.38 bits per heavy atom. The smallest absolute Gasteiger partial charge is 0.309 e. The molecule has 0 aliphatic heterocycles. The van der Waals surface area contributed by atoms with Crippen molar-refractivity contribution >= 4 is 16.7 Å². The van der Waals surface area contributed by atoms with Gasteiger partial charge in [-0.1, -0.05) is 44.2 Å². The van der Waals surface area contributed by atoms with E-state index in [0.717, 1.165) is 10.8 Å². The van der Waals surface area contributed by atoms with E-state index in [1.54, 1.807) is 19.9 Å². The predicted octanol–water partition coefficient (Wildman–Crippen LogP) is 3.24. The highest BCUT2D eigenvalue weighted by Gasteiger charge is 2.33. The number of methoxy groups -OCH3 is 1. The van der Waals surface area contributed by atoms with Crippen LogP contribution in [-0.4, -0.2) is 23.3 Å². The second-order valence-electron chi connectivity index (χ2n) is 5.46. The summed E-state index contributed by atoms with van der Waals surface area (Å²) in [5.74, 6) is -1.58. The van der Waals surface area contributed by atoms with E-state index in [9.17, 15) is 15.0 Å². The fourth-order valence-electron chi connectivity index (χ4n) is 2.72. The van der Waals surface area contributed by atoms with Gasteiger partial charge in [-0.2, -0.15) is 0 Å². The van der Waals surface area contributed by atoms with Crippen LogP contribution in [0.5, 0.6) is 5.75 Å². The van der Waals surface area contributed by atoms with Gasteiger partial charge in [0.25, 0.3) is 0 Å². The molecule has 2 unspecified atom stereocenters. The van der Waals surface area contributed by atoms with Gasteiger partial charge in [0.1, 0.15) is 5.75 Å². The summed E-state index contributed by atoms with van der Waals surface area (Å²) in [5, 5.41) is 21.8. The molecule has 2 aromatic carbocycles. The summed E-state index contributed by atoms with van der Waals surface area (Å²) >= 11 is 0. The number of aliphatic hydroxyl groups is 1. The molecule has 0 aliphatic rings. The van der Waals surface area contributed by atoms with Gasteiger partial charge in [0.15, 0.2) is 0 Å². The molecular weight excluding hydrogens is 268 g/mol. The van der Waals surface area contributed by atoms with Crippen molar-refractivity contribution in [2.24, 2.45) is 11.8 Å². The largest absolute Gasteiger partial charge is 0.496 e. The van der Waals surface area contributed by atoms with Gasteiger partial charge in [-0.3, -0.25) is 4.79 Å². The van der Waals surface area contributed by atoms with Crippen LogP contribution in [0.1, 0.15) is 25.5 Å². The topological polar surface area (TPSA) is 66.8 Å². The average Bonchev–Trinajstić information content (AvgIpc) is 2.45. The second kappa shape index (κ2) is 6.14. The van der Waals surface area contributed by atoms with Crippen LogP contribution < -0.4 is 4.74 Å². The van der Waals surface area contributed by atoms with Gasteiger partial charge in [-0.25, -0.2) is 0 Å². The molecule has 4 nitrogen and oxygen atoms in total. The van der Waals surface area contributed by atoms with Crippen molar-refractivity contribution < 1.29 is 19.7 Å². The molecule has 0 bridgehead atoms. The number of aliphatic hydroxyl groups excluding tert-OH is 1. The standard InChI is InChI=1S/C17H20O4/c1-10(2)14(17(19)20)16(18)15-12-7-5-4-6-11(12)8-9-13(15)21-3/h4-10,14,16,18H,1-3H3,(H,19,20). The third-order valence-electron chi connectivity index (χ3n) is 3.79. The van der Waals surface area contributed by atoms with Crippen LogP contribution in [0.2, 0.25) is 0 Å². The Morgan fingerprint density at radius 1 is 1.14 bits per heavy atom. The van der Waals surface area contributed by atoms with Crippen molar-refractivity contribution in [2.75, 3.05) is 7.11 Å². The molecule has 0 saturated heterocycles. The Balaban J connectivity index is 2.65. The molecule has 2 N–H and O–H groups in total. The maximum atomic E-state index is 11.5. The van der Waals surface area contributed by atoms with Gasteiger partial charge >= 0.3 is 5.97 Å². The molecule has 2 aromatic rings. The van der Waals surface area contributed by atoms with E-state index >= 15 is 0 Å². The van der Waals surface area contributed by atoms with Gasteiger partial charge in [-0.05, 0) is 22.8 Å². The second-order valence-corrected chi connectivity index (χ2v) is 5.46. The van der Waals surface area contributed by atoms with E-state index in [1.807, 2.05) is 30.3 Å². The Labute approximate surface area is 124 Å². The van der Waals surface area contributed by atoms with Gasteiger partial charge in [0.05, 0.1) is 19.1 Å². The molecule has 0 fully saturated rings. The molecule has 0 amide bonds. The molecule has 21 heavy (non-hydrogen) atoms. The highest BCUT2D eigenvalue weighted by Crippen LogP contribution is 2.38. The number of carbonyl (C=O) groups is 1. The minimum Gasteiger partial charge on any atom is -0.496 e. The molecule has 112 valence electrons. The minimum absolute atomic E-state index is 0.193. The van der Waals surface area contributed by atoms with Crippen LogP contribution in [0.25, 0.3) is 10.8 Å². The van der Waals surface area contributed by atoms with Crippen molar-refractivity contribution in [3.05, 3.63) is 42.0 Å². The number of carboxylic acids is 1. The lowest BCUT2D eigenvalue weighted by molar-refractivity contribution is -0.148. The molecule has 0 heterocycles. The van der Waals surface area contributed by atoms with Crippen molar-refractivity contribution in [1.82, 2.24) is 0 Å². The molecular formula is C17H20O4. The number of aliphatic carboxylic acids is 1. The molecule has 2 rings (SSSR count). The number of carboxylic acid groups (broad SMARTS) is 1. The zero-order valence-corrected chi connectivity index (χ0v) is 12.4. The molecule has 0 spiro atoms. The Kier molecular flexibility index (Phi) is 4.48. The fourth-order valence-corrected chi connectivity index (χ4v) is 2.72. The molecule has 4 heteroatoms. The van der Waals surface area contributed by atoms with E-state index in [4.69, 9.17) is 4.74 Å². The summed E-state index contributed by atoms with van der Waals surface area (Å²) in [7, 11) is 1.52. The first kappa shape index (κ1) is 15.3. The van der Waals surface area contributed by atoms with Crippen LogP contribution in [0.3, 0.4) is 0 Å². The van der Waals surface area contributed by atoms with Crippen LogP contribution in [0.4, 0.5) is 0 Å². The molecule has 0 radical (unpaired) electrons. The first-order chi connectivity index (χ1) is 9.97. The monoisotopic (exact) mass is 288 g/mol. The minimum atomic E-state index is -1.12. The van der Waals surface area contributed by atoms with E-state index in [-0.39, 0.29) is 5.92 Å². The van der Waals surface area contributed by atoms with Crippen LogP contribution in [-0.2, 0) is 4.79 Å². The molecule has 0 aromatic heterocycles. The third kappa shape index (κ3) is 2.85. The first-order valence-corrected chi connectivity index (χ1v) is 6.94. The number of benzene rings is 2. The number of fused-ring (bicyclic) bond motifs is 1. The van der Waals surface area contributed by atoms with E-state index in [1.165, 1.54) is 7.11 Å². The molecule has 0 aliphatic carbocycles. The fraction of sp³-hybridized carbons (Fsp3) is 0.353. The van der Waals surface area contributed by atoms with Gasteiger partial charge in [0.2, 0.25) is 0 Å². The van der Waals surface area contributed by atoms with Gasteiger partial charge in [0, 0.05) is 5.56 Å². The Morgan fingerprint density at radius 2 is 1.81 bits per heavy atom. The SMILES string of the molecule is COc1ccc2ccccc2c1C(O)C(C(=O)O)C(C)C. The molecule has 2 atom stereocenters. The Bertz CT molecular complexity index is 648. The van der Waals surface area contributed by atoms with Crippen LogP contribution in [0, 0.1) is 11.8 Å². The summed E-state index contributed by atoms with van der Waals surface area (Å²) in [5.41, 5.74) is 0.539. The van der Waals surface area contributed by atoms with Gasteiger partial charge < -0.3 is 14.9 Å². The van der Waals surface area contributed by atoms with Crippen molar-refractivity contribution in [1.29, 1.82) is 0 Å². The molecule has 0 saturated carbocycles. The van der Waals surface area contributed by atoms with Crippen molar-refractivity contribution in [3.63, 3.8) is 0 Å². The normalized spacial score (nSPS) is 14.1. The maximum Gasteiger partial charge on any atom is 0.309 e. The van der Waals surface area contributed by atoms with E-state index in [2.05, 4.69) is 0 Å². The number of hydrogen-bond donors (Lipinski definition) is 2. The summed E-state index contributed by atoms with van der Waals surface area (Å²) in [6, 6.07) is 11.2. The van der Waals surface area contributed by atoms with Crippen LogP contribution >= 0.6 is 0 Å². The lowest BCUT2D eigenvalue weighted by Gasteiger charge is -2.25. The lowest BCUT2D eigenvalue weighted by atomic mass is 9.84. The van der Waals surface area contributed by atoms with E-state index < -0.39 is 18.0 Å². The van der Waals surface area contributed by atoms with Crippen molar-refractivity contribution in [2.45, 2.75) is 20.0 Å². The average molecular weight is 288 g/mol. The van der Waals surface area contributed by atoms with Crippen molar-refractivity contribution in [3.8, 4) is 5.75 Å².